The monoisotopic (exact) mass is 400 g/mol. The van der Waals surface area contributed by atoms with Crippen molar-refractivity contribution in [2.24, 2.45) is 0 Å². The fourth-order valence-electron chi connectivity index (χ4n) is 3.78. The summed E-state index contributed by atoms with van der Waals surface area (Å²) in [5, 5.41) is 4.78. The highest BCUT2D eigenvalue weighted by Crippen LogP contribution is 2.36. The first-order valence-electron chi connectivity index (χ1n) is 9.42. The molecule has 4 rings (SSSR count). The minimum absolute atomic E-state index is 0.133. The predicted molar refractivity (Wildman–Crippen MR) is 108 cm³/mol. The Kier molecular flexibility index (Phi) is 5.07. The predicted octanol–water partition coefficient (Wildman–Crippen LogP) is 2.60. The average molecular weight is 401 g/mol. The van der Waals surface area contributed by atoms with Gasteiger partial charge in [-0.05, 0) is 13.1 Å². The Morgan fingerprint density at radius 2 is 2.00 bits per heavy atom. The van der Waals surface area contributed by atoms with Crippen LogP contribution in [0, 0.1) is 0 Å². The molecule has 28 heavy (non-hydrogen) atoms. The number of ether oxygens (including phenoxy) is 1. The molecule has 0 atom stereocenters. The molecule has 0 bridgehead atoms. The molecule has 148 valence electrons. The number of carbonyl (C=O) groups excluding carboxylic acids is 2. The Balaban J connectivity index is 1.63. The summed E-state index contributed by atoms with van der Waals surface area (Å²) in [6.07, 6.45) is 1.74. The molecule has 0 aliphatic carbocycles. The number of para-hydroxylation sites is 1. The minimum atomic E-state index is -0.384. The van der Waals surface area contributed by atoms with Gasteiger partial charge in [0.05, 0.1) is 6.54 Å². The summed E-state index contributed by atoms with van der Waals surface area (Å²) in [5.74, 6) is 0.529. The van der Waals surface area contributed by atoms with Crippen LogP contribution in [0.2, 0.25) is 0 Å². The normalized spacial score (nSPS) is 18.9. The molecule has 2 aliphatic heterocycles. The maximum Gasteiger partial charge on any atom is 0.273 e. The zero-order valence-corrected chi connectivity index (χ0v) is 16.9. The Morgan fingerprint density at radius 3 is 2.75 bits per heavy atom. The van der Waals surface area contributed by atoms with Crippen molar-refractivity contribution in [3.8, 4) is 5.75 Å². The third kappa shape index (κ3) is 3.88. The van der Waals surface area contributed by atoms with E-state index >= 15 is 0 Å². The van der Waals surface area contributed by atoms with Gasteiger partial charge in [0.2, 0.25) is 5.91 Å². The number of benzene rings is 1. The molecule has 1 fully saturated rings. The molecule has 1 spiro atoms. The van der Waals surface area contributed by atoms with E-state index in [9.17, 15) is 9.59 Å². The highest BCUT2D eigenvalue weighted by Gasteiger charge is 2.41. The summed E-state index contributed by atoms with van der Waals surface area (Å²) in [5.41, 5.74) is 0.978. The largest absolute Gasteiger partial charge is 0.485 e. The summed E-state index contributed by atoms with van der Waals surface area (Å²) in [6.45, 7) is 4.32. The topological polar surface area (TPSA) is 74.8 Å². The smallest absolute Gasteiger partial charge is 0.273 e. The lowest BCUT2D eigenvalue weighted by molar-refractivity contribution is -0.114. The first kappa shape index (κ1) is 18.9. The minimum Gasteiger partial charge on any atom is -0.485 e. The van der Waals surface area contributed by atoms with Crippen LogP contribution in [-0.4, -0.2) is 58.9 Å². The van der Waals surface area contributed by atoms with Crippen LogP contribution in [-0.2, 0) is 11.3 Å². The van der Waals surface area contributed by atoms with E-state index in [2.05, 4.69) is 22.2 Å². The number of hydrogen-bond donors (Lipinski definition) is 1. The number of hydrogen-bond acceptors (Lipinski definition) is 6. The maximum atomic E-state index is 13.2. The quantitative estimate of drug-likeness (QED) is 0.839. The highest BCUT2D eigenvalue weighted by atomic mass is 32.1. The summed E-state index contributed by atoms with van der Waals surface area (Å²) in [4.78, 5) is 32.9. The van der Waals surface area contributed by atoms with Gasteiger partial charge in [-0.15, -0.1) is 11.3 Å². The number of piperidine rings is 1. The van der Waals surface area contributed by atoms with Gasteiger partial charge in [-0.1, -0.05) is 18.2 Å². The fourth-order valence-corrected chi connectivity index (χ4v) is 4.51. The van der Waals surface area contributed by atoms with Crippen LogP contribution in [0.5, 0.6) is 5.75 Å². The SMILES string of the molecule is CC(=O)Nc1nc(C(=O)N2Cc3ccccc3OC3(CCN(C)CC3)C2)cs1. The van der Waals surface area contributed by atoms with Gasteiger partial charge < -0.3 is 19.9 Å². The second-order valence-electron chi connectivity index (χ2n) is 7.58. The van der Waals surface area contributed by atoms with E-state index in [4.69, 9.17) is 4.74 Å². The summed E-state index contributed by atoms with van der Waals surface area (Å²) >= 11 is 1.26. The Bertz CT molecular complexity index is 889. The number of carbonyl (C=O) groups is 2. The second kappa shape index (κ2) is 7.52. The van der Waals surface area contributed by atoms with Crippen LogP contribution in [0.4, 0.5) is 5.13 Å². The molecular weight excluding hydrogens is 376 g/mol. The standard InChI is InChI=1S/C20H24N4O3S/c1-14(25)21-19-22-16(12-28-19)18(26)24-11-15-5-3-4-6-17(15)27-20(13-24)7-9-23(2)10-8-20/h3-6,12H,7-11,13H2,1-2H3,(H,21,22,25). The van der Waals surface area contributed by atoms with Crippen LogP contribution >= 0.6 is 11.3 Å². The number of rotatable bonds is 2. The van der Waals surface area contributed by atoms with E-state index in [0.29, 0.717) is 23.9 Å². The van der Waals surface area contributed by atoms with E-state index in [-0.39, 0.29) is 17.4 Å². The van der Waals surface area contributed by atoms with Gasteiger partial charge >= 0.3 is 0 Å². The van der Waals surface area contributed by atoms with Gasteiger partial charge in [-0.3, -0.25) is 9.59 Å². The second-order valence-corrected chi connectivity index (χ2v) is 8.43. The van der Waals surface area contributed by atoms with Gasteiger partial charge in [-0.2, -0.15) is 0 Å². The van der Waals surface area contributed by atoms with Crippen LogP contribution < -0.4 is 10.1 Å². The van der Waals surface area contributed by atoms with E-state index < -0.39 is 0 Å². The number of aromatic nitrogens is 1. The summed E-state index contributed by atoms with van der Waals surface area (Å²) in [6, 6.07) is 7.93. The molecule has 8 heteroatoms. The number of nitrogens with one attached hydrogen (secondary N) is 1. The number of nitrogens with zero attached hydrogens (tertiary/aromatic N) is 3. The molecule has 7 nitrogen and oxygen atoms in total. The highest BCUT2D eigenvalue weighted by molar-refractivity contribution is 7.14. The van der Waals surface area contributed by atoms with E-state index in [1.54, 1.807) is 5.38 Å². The molecule has 0 radical (unpaired) electrons. The fraction of sp³-hybridized carbons (Fsp3) is 0.450. The summed E-state index contributed by atoms with van der Waals surface area (Å²) < 4.78 is 6.51. The van der Waals surface area contributed by atoms with Crippen molar-refractivity contribution < 1.29 is 14.3 Å². The summed E-state index contributed by atoms with van der Waals surface area (Å²) in [7, 11) is 2.11. The number of likely N-dealkylation sites (tertiary alicyclic amines) is 1. The van der Waals surface area contributed by atoms with E-state index in [0.717, 1.165) is 37.2 Å². The Labute approximate surface area is 168 Å². The zero-order chi connectivity index (χ0) is 19.7. The van der Waals surface area contributed by atoms with Gasteiger partial charge in [0, 0.05) is 50.3 Å². The van der Waals surface area contributed by atoms with Crippen molar-refractivity contribution >= 4 is 28.3 Å². The van der Waals surface area contributed by atoms with Crippen LogP contribution in [0.3, 0.4) is 0 Å². The van der Waals surface area contributed by atoms with Crippen LogP contribution in [0.25, 0.3) is 0 Å². The molecule has 2 amide bonds. The Hall–Kier alpha value is -2.45. The number of thiazole rings is 1. The van der Waals surface area contributed by atoms with Crippen molar-refractivity contribution in [3.63, 3.8) is 0 Å². The van der Waals surface area contributed by atoms with Crippen LogP contribution in [0.15, 0.2) is 29.6 Å². The molecule has 1 N–H and O–H groups in total. The van der Waals surface area contributed by atoms with Crippen molar-refractivity contribution in [2.75, 3.05) is 32.0 Å². The van der Waals surface area contributed by atoms with Crippen molar-refractivity contribution in [2.45, 2.75) is 31.9 Å². The van der Waals surface area contributed by atoms with E-state index in [1.165, 1.54) is 18.3 Å². The molecule has 1 saturated heterocycles. The first-order valence-corrected chi connectivity index (χ1v) is 10.3. The van der Waals surface area contributed by atoms with Crippen LogP contribution in [0.1, 0.15) is 35.8 Å². The van der Waals surface area contributed by atoms with Crippen molar-refractivity contribution in [1.29, 1.82) is 0 Å². The van der Waals surface area contributed by atoms with Gasteiger partial charge in [0.25, 0.3) is 5.91 Å². The molecule has 0 unspecified atom stereocenters. The molecule has 1 aromatic carbocycles. The average Bonchev–Trinajstić information content (AvgIpc) is 3.05. The number of fused-ring (bicyclic) bond motifs is 1. The molecule has 3 heterocycles. The zero-order valence-electron chi connectivity index (χ0n) is 16.1. The molecule has 0 saturated carbocycles. The maximum absolute atomic E-state index is 13.2. The van der Waals surface area contributed by atoms with Gasteiger partial charge in [0.1, 0.15) is 17.0 Å². The third-order valence-electron chi connectivity index (χ3n) is 5.33. The Morgan fingerprint density at radius 1 is 1.25 bits per heavy atom. The molecular formula is C20H24N4O3S. The lowest BCUT2D eigenvalue weighted by atomic mass is 9.90. The lowest BCUT2D eigenvalue weighted by Gasteiger charge is -2.41. The lowest BCUT2D eigenvalue weighted by Crippen LogP contribution is -2.53. The van der Waals surface area contributed by atoms with Gasteiger partial charge in [0.15, 0.2) is 5.13 Å². The van der Waals surface area contributed by atoms with Crippen molar-refractivity contribution in [1.82, 2.24) is 14.8 Å². The molecule has 2 aliphatic rings. The molecule has 2 aromatic rings. The number of anilines is 1. The number of amides is 2. The molecule has 1 aromatic heterocycles. The first-order chi connectivity index (χ1) is 13.4. The van der Waals surface area contributed by atoms with Gasteiger partial charge in [-0.25, -0.2) is 4.98 Å². The third-order valence-corrected chi connectivity index (χ3v) is 6.09. The van der Waals surface area contributed by atoms with Crippen molar-refractivity contribution in [3.05, 3.63) is 40.9 Å². The van der Waals surface area contributed by atoms with E-state index in [1.807, 2.05) is 29.2 Å².